The third-order valence-electron chi connectivity index (χ3n) is 5.21. The highest BCUT2D eigenvalue weighted by atomic mass is 79.9. The minimum Gasteiger partial charge on any atom is -0.465 e. The molecule has 0 aliphatic carbocycles. The van der Waals surface area contributed by atoms with E-state index in [1.807, 2.05) is 0 Å². The van der Waals surface area contributed by atoms with Crippen molar-refractivity contribution in [1.29, 1.82) is 0 Å². The van der Waals surface area contributed by atoms with Crippen LogP contribution in [0.1, 0.15) is 91.9 Å². The van der Waals surface area contributed by atoms with Crippen molar-refractivity contribution in [3.05, 3.63) is 0 Å². The van der Waals surface area contributed by atoms with Gasteiger partial charge in [0.25, 0.3) is 0 Å². The van der Waals surface area contributed by atoms with Gasteiger partial charge < -0.3 is 9.47 Å². The van der Waals surface area contributed by atoms with Crippen LogP contribution in [0.3, 0.4) is 0 Å². The van der Waals surface area contributed by atoms with E-state index in [0.717, 1.165) is 64.2 Å². The van der Waals surface area contributed by atoms with Crippen LogP contribution in [-0.4, -0.2) is 34.8 Å². The standard InChI is InChI=1S/C22H40Br2O4/c1-5-9-13-27-21(25)19(23)15-17(7-3)11-12-18(8-4)16-20(24)22(26)28-14-10-6-2/h17-20H,5-16H2,1-4H3. The van der Waals surface area contributed by atoms with Crippen LogP contribution in [0.25, 0.3) is 0 Å². The van der Waals surface area contributed by atoms with Gasteiger partial charge in [0.1, 0.15) is 9.65 Å². The molecule has 0 aromatic rings. The van der Waals surface area contributed by atoms with Crippen molar-refractivity contribution in [3.63, 3.8) is 0 Å². The summed E-state index contributed by atoms with van der Waals surface area (Å²) in [6.07, 6.45) is 9.67. The molecule has 4 nitrogen and oxygen atoms in total. The molecule has 0 rings (SSSR count). The van der Waals surface area contributed by atoms with Crippen molar-refractivity contribution in [2.75, 3.05) is 13.2 Å². The van der Waals surface area contributed by atoms with Gasteiger partial charge in [-0.15, -0.1) is 0 Å². The van der Waals surface area contributed by atoms with Crippen molar-refractivity contribution in [2.24, 2.45) is 11.8 Å². The molecule has 4 unspecified atom stereocenters. The zero-order valence-corrected chi connectivity index (χ0v) is 21.4. The zero-order valence-electron chi connectivity index (χ0n) is 18.2. The van der Waals surface area contributed by atoms with E-state index in [1.54, 1.807) is 0 Å². The third-order valence-corrected chi connectivity index (χ3v) is 6.71. The van der Waals surface area contributed by atoms with Crippen molar-refractivity contribution in [2.45, 2.75) is 102 Å². The zero-order chi connectivity index (χ0) is 21.4. The van der Waals surface area contributed by atoms with Gasteiger partial charge in [-0.05, 0) is 37.5 Å². The van der Waals surface area contributed by atoms with Crippen molar-refractivity contribution in [3.8, 4) is 0 Å². The van der Waals surface area contributed by atoms with Gasteiger partial charge in [0.05, 0.1) is 13.2 Å². The summed E-state index contributed by atoms with van der Waals surface area (Å²) in [6.45, 7) is 9.52. The molecule has 0 amide bonds. The number of hydrogen-bond donors (Lipinski definition) is 0. The third kappa shape index (κ3) is 13.2. The van der Waals surface area contributed by atoms with Crippen LogP contribution >= 0.6 is 31.9 Å². The number of halogens is 2. The minimum absolute atomic E-state index is 0.144. The summed E-state index contributed by atoms with van der Waals surface area (Å²) < 4.78 is 10.6. The monoisotopic (exact) mass is 526 g/mol. The van der Waals surface area contributed by atoms with Gasteiger partial charge in [-0.2, -0.15) is 0 Å². The van der Waals surface area contributed by atoms with Crippen LogP contribution < -0.4 is 0 Å². The Kier molecular flexibility index (Phi) is 17.7. The second-order valence-electron chi connectivity index (χ2n) is 7.57. The lowest BCUT2D eigenvalue weighted by molar-refractivity contribution is -0.144. The molecule has 0 saturated heterocycles. The van der Waals surface area contributed by atoms with Crippen LogP contribution in [-0.2, 0) is 19.1 Å². The first-order valence-electron chi connectivity index (χ1n) is 11.0. The lowest BCUT2D eigenvalue weighted by Crippen LogP contribution is -2.23. The Labute approximate surface area is 189 Å². The Bertz CT molecular complexity index is 379. The number of esters is 2. The first-order valence-corrected chi connectivity index (χ1v) is 12.8. The highest BCUT2D eigenvalue weighted by Crippen LogP contribution is 2.28. The van der Waals surface area contributed by atoms with Crippen LogP contribution in [0.4, 0.5) is 0 Å². The number of carbonyl (C=O) groups excluding carboxylic acids is 2. The highest BCUT2D eigenvalue weighted by molar-refractivity contribution is 9.10. The van der Waals surface area contributed by atoms with E-state index >= 15 is 0 Å². The SMILES string of the molecule is CCCCOC(=O)C(Br)CC(CC)CCC(CC)CC(Br)C(=O)OCCCC. The Morgan fingerprint density at radius 3 is 1.36 bits per heavy atom. The predicted octanol–water partition coefficient (Wildman–Crippen LogP) is 6.81. The Morgan fingerprint density at radius 2 is 1.07 bits per heavy atom. The van der Waals surface area contributed by atoms with Gasteiger partial charge in [-0.25, -0.2) is 0 Å². The fourth-order valence-corrected chi connectivity index (χ4v) is 4.36. The van der Waals surface area contributed by atoms with Gasteiger partial charge >= 0.3 is 11.9 Å². The van der Waals surface area contributed by atoms with Crippen molar-refractivity contribution >= 4 is 43.8 Å². The van der Waals surface area contributed by atoms with E-state index in [-0.39, 0.29) is 21.6 Å². The summed E-state index contributed by atoms with van der Waals surface area (Å²) in [5.41, 5.74) is 0. The molecule has 0 radical (unpaired) electrons. The molecule has 0 spiro atoms. The Hall–Kier alpha value is -0.100. The normalized spacial score (nSPS) is 15.5. The second-order valence-corrected chi connectivity index (χ2v) is 9.79. The summed E-state index contributed by atoms with van der Waals surface area (Å²) in [7, 11) is 0. The van der Waals surface area contributed by atoms with Gasteiger partial charge in [0, 0.05) is 0 Å². The molecule has 0 fully saturated rings. The van der Waals surface area contributed by atoms with Gasteiger partial charge in [-0.3, -0.25) is 9.59 Å². The lowest BCUT2D eigenvalue weighted by atomic mass is 9.87. The number of hydrogen-bond acceptors (Lipinski definition) is 4. The molecule has 166 valence electrons. The smallest absolute Gasteiger partial charge is 0.319 e. The van der Waals surface area contributed by atoms with E-state index in [2.05, 4.69) is 59.6 Å². The summed E-state index contributed by atoms with van der Waals surface area (Å²) in [5, 5.41) is 0. The van der Waals surface area contributed by atoms with E-state index < -0.39 is 0 Å². The maximum atomic E-state index is 12.1. The average Bonchev–Trinajstić information content (AvgIpc) is 2.69. The molecule has 0 aromatic heterocycles. The first-order chi connectivity index (χ1) is 13.4. The van der Waals surface area contributed by atoms with E-state index in [9.17, 15) is 9.59 Å². The minimum atomic E-state index is -0.230. The number of ether oxygens (including phenoxy) is 2. The van der Waals surface area contributed by atoms with Gasteiger partial charge in [0.15, 0.2) is 0 Å². The molecule has 4 atom stereocenters. The molecule has 0 aromatic carbocycles. The molecular formula is C22H40Br2O4. The maximum Gasteiger partial charge on any atom is 0.319 e. The summed E-state index contributed by atoms with van der Waals surface area (Å²) in [5.74, 6) is 0.661. The average molecular weight is 528 g/mol. The van der Waals surface area contributed by atoms with Crippen LogP contribution in [0, 0.1) is 11.8 Å². The Balaban J connectivity index is 4.34. The number of carbonyl (C=O) groups is 2. The van der Waals surface area contributed by atoms with Gasteiger partial charge in [-0.1, -0.05) is 98.1 Å². The number of rotatable bonds is 17. The molecule has 6 heteroatoms. The summed E-state index contributed by atoms with van der Waals surface area (Å²) in [6, 6.07) is 0. The largest absolute Gasteiger partial charge is 0.465 e. The highest BCUT2D eigenvalue weighted by Gasteiger charge is 2.24. The molecule has 0 bridgehead atoms. The van der Waals surface area contributed by atoms with Crippen LogP contribution in [0.2, 0.25) is 0 Å². The fourth-order valence-electron chi connectivity index (χ4n) is 3.04. The number of unbranched alkanes of at least 4 members (excludes halogenated alkanes) is 2. The summed E-state index contributed by atoms with van der Waals surface area (Å²) in [4.78, 5) is 23.7. The molecule has 0 saturated carbocycles. The van der Waals surface area contributed by atoms with E-state index in [4.69, 9.17) is 9.47 Å². The lowest BCUT2D eigenvalue weighted by Gasteiger charge is -2.22. The van der Waals surface area contributed by atoms with Crippen LogP contribution in [0.5, 0.6) is 0 Å². The van der Waals surface area contributed by atoms with Crippen molar-refractivity contribution in [1.82, 2.24) is 0 Å². The molecule has 0 N–H and O–H groups in total. The molecular weight excluding hydrogens is 488 g/mol. The second kappa shape index (κ2) is 17.7. The van der Waals surface area contributed by atoms with E-state index in [1.165, 1.54) is 0 Å². The van der Waals surface area contributed by atoms with Gasteiger partial charge in [0.2, 0.25) is 0 Å². The fraction of sp³-hybridized carbons (Fsp3) is 0.909. The predicted molar refractivity (Wildman–Crippen MR) is 123 cm³/mol. The quantitative estimate of drug-likeness (QED) is 0.118. The molecule has 0 aliphatic rings. The van der Waals surface area contributed by atoms with E-state index in [0.29, 0.717) is 25.0 Å². The van der Waals surface area contributed by atoms with Crippen LogP contribution in [0.15, 0.2) is 0 Å². The maximum absolute atomic E-state index is 12.1. The molecule has 0 aliphatic heterocycles. The first kappa shape index (κ1) is 27.9. The Morgan fingerprint density at radius 1 is 0.714 bits per heavy atom. The number of alkyl halides is 2. The molecule has 0 heterocycles. The summed E-state index contributed by atoms with van der Waals surface area (Å²) >= 11 is 7.01. The topological polar surface area (TPSA) is 52.6 Å². The molecule has 28 heavy (non-hydrogen) atoms. The van der Waals surface area contributed by atoms with Crippen molar-refractivity contribution < 1.29 is 19.1 Å².